The normalized spacial score (nSPS) is 17.7. The van der Waals surface area contributed by atoms with Crippen LogP contribution in [0.1, 0.15) is 12.8 Å². The van der Waals surface area contributed by atoms with E-state index in [4.69, 9.17) is 0 Å². The molecule has 0 atom stereocenters. The first kappa shape index (κ1) is 11.8. The summed E-state index contributed by atoms with van der Waals surface area (Å²) in [5, 5.41) is 3.61. The van der Waals surface area contributed by atoms with Crippen LogP contribution < -0.4 is 5.32 Å². The minimum Gasteiger partial charge on any atom is -0.380 e. The van der Waals surface area contributed by atoms with Gasteiger partial charge in [0.05, 0.1) is 5.69 Å². The van der Waals surface area contributed by atoms with Gasteiger partial charge in [-0.05, 0) is 68.3 Å². The average Bonchev–Trinajstić information content (AvgIpc) is 2.25. The molecule has 1 aliphatic rings. The third kappa shape index (κ3) is 3.14. The first-order chi connectivity index (χ1) is 7.27. The minimum absolute atomic E-state index is 0.626. The molecule has 0 aromatic heterocycles. The van der Waals surface area contributed by atoms with Crippen LogP contribution >= 0.6 is 43.6 Å². The molecule has 15 heavy (non-hydrogen) atoms. The van der Waals surface area contributed by atoms with Gasteiger partial charge in [-0.2, -0.15) is 11.8 Å². The number of anilines is 1. The van der Waals surface area contributed by atoms with Crippen molar-refractivity contribution < 1.29 is 0 Å². The lowest BCUT2D eigenvalue weighted by Crippen LogP contribution is -2.24. The van der Waals surface area contributed by atoms with Crippen LogP contribution in [0.3, 0.4) is 0 Å². The molecule has 2 rings (SSSR count). The molecule has 0 amide bonds. The highest BCUT2D eigenvalue weighted by molar-refractivity contribution is 9.11. The van der Waals surface area contributed by atoms with Gasteiger partial charge in [0.15, 0.2) is 0 Å². The van der Waals surface area contributed by atoms with Crippen molar-refractivity contribution in [3.8, 4) is 0 Å². The summed E-state index contributed by atoms with van der Waals surface area (Å²) in [7, 11) is 0. The molecular formula is C11H13Br2NS. The van der Waals surface area contributed by atoms with Crippen LogP contribution in [0.15, 0.2) is 27.1 Å². The first-order valence-corrected chi connectivity index (χ1v) is 7.80. The van der Waals surface area contributed by atoms with E-state index in [1.165, 1.54) is 30.0 Å². The number of nitrogens with one attached hydrogen (secondary N) is 1. The first-order valence-electron chi connectivity index (χ1n) is 5.05. The van der Waals surface area contributed by atoms with Crippen LogP contribution in [0.25, 0.3) is 0 Å². The standard InChI is InChI=1S/C11H13Br2NS/c12-9-2-1-3-10(13)11(9)14-8-4-6-15-7-5-8/h1-3,8,14H,4-7H2. The van der Waals surface area contributed by atoms with E-state index in [-0.39, 0.29) is 0 Å². The van der Waals surface area contributed by atoms with Crippen LogP contribution in [0.2, 0.25) is 0 Å². The molecule has 0 saturated carbocycles. The Hall–Kier alpha value is 0.330. The number of rotatable bonds is 2. The van der Waals surface area contributed by atoms with Crippen LogP contribution in [0, 0.1) is 0 Å². The van der Waals surface area contributed by atoms with Crippen molar-refractivity contribution in [1.82, 2.24) is 0 Å². The molecule has 4 heteroatoms. The highest BCUT2D eigenvalue weighted by Gasteiger charge is 2.15. The second kappa shape index (κ2) is 5.60. The molecule has 1 nitrogen and oxygen atoms in total. The quantitative estimate of drug-likeness (QED) is 0.841. The third-order valence-corrected chi connectivity index (χ3v) is 4.90. The van der Waals surface area contributed by atoms with E-state index in [1.807, 2.05) is 6.07 Å². The van der Waals surface area contributed by atoms with Gasteiger partial charge in [0, 0.05) is 15.0 Å². The van der Waals surface area contributed by atoms with Crippen LogP contribution in [0.5, 0.6) is 0 Å². The Bertz CT molecular complexity index is 317. The minimum atomic E-state index is 0.626. The van der Waals surface area contributed by atoms with E-state index in [0.29, 0.717) is 6.04 Å². The van der Waals surface area contributed by atoms with E-state index >= 15 is 0 Å². The molecule has 1 N–H and O–H groups in total. The van der Waals surface area contributed by atoms with E-state index in [1.54, 1.807) is 0 Å². The Labute approximate surface area is 112 Å². The molecule has 82 valence electrons. The van der Waals surface area contributed by atoms with Gasteiger partial charge in [-0.1, -0.05) is 6.07 Å². The molecule has 0 spiro atoms. The van der Waals surface area contributed by atoms with E-state index in [9.17, 15) is 0 Å². The Morgan fingerprint density at radius 1 is 1.13 bits per heavy atom. The lowest BCUT2D eigenvalue weighted by atomic mass is 10.1. The molecule has 1 aromatic rings. The predicted octanol–water partition coefficient (Wildman–Crippen LogP) is 4.52. The summed E-state index contributed by atoms with van der Waals surface area (Å²) in [4.78, 5) is 0. The SMILES string of the molecule is Brc1cccc(Br)c1NC1CCSCC1. The van der Waals surface area contributed by atoms with Gasteiger partial charge >= 0.3 is 0 Å². The summed E-state index contributed by atoms with van der Waals surface area (Å²) in [5.41, 5.74) is 1.19. The Morgan fingerprint density at radius 3 is 2.33 bits per heavy atom. The van der Waals surface area contributed by atoms with Gasteiger partial charge < -0.3 is 5.32 Å². The largest absolute Gasteiger partial charge is 0.380 e. The number of hydrogen-bond acceptors (Lipinski definition) is 2. The lowest BCUT2D eigenvalue weighted by Gasteiger charge is -2.24. The molecule has 1 aromatic carbocycles. The van der Waals surface area contributed by atoms with Crippen molar-refractivity contribution >= 4 is 49.3 Å². The molecule has 0 unspecified atom stereocenters. The lowest BCUT2D eigenvalue weighted by molar-refractivity contribution is 0.666. The average molecular weight is 351 g/mol. The summed E-state index contributed by atoms with van der Waals surface area (Å²) < 4.78 is 2.27. The van der Waals surface area contributed by atoms with Crippen molar-refractivity contribution in [2.24, 2.45) is 0 Å². The Balaban J connectivity index is 2.09. The third-order valence-electron chi connectivity index (χ3n) is 2.53. The van der Waals surface area contributed by atoms with Gasteiger partial charge in [0.1, 0.15) is 0 Å². The Kier molecular flexibility index (Phi) is 4.40. The number of benzene rings is 1. The fourth-order valence-electron chi connectivity index (χ4n) is 1.68. The van der Waals surface area contributed by atoms with Crippen LogP contribution in [0.4, 0.5) is 5.69 Å². The number of halogens is 2. The van der Waals surface area contributed by atoms with Crippen LogP contribution in [-0.4, -0.2) is 17.5 Å². The smallest absolute Gasteiger partial charge is 0.0631 e. The maximum Gasteiger partial charge on any atom is 0.0631 e. The fraction of sp³-hybridized carbons (Fsp3) is 0.455. The molecule has 0 bridgehead atoms. The van der Waals surface area contributed by atoms with Crippen molar-refractivity contribution in [1.29, 1.82) is 0 Å². The predicted molar refractivity (Wildman–Crippen MR) is 75.8 cm³/mol. The van der Waals surface area contributed by atoms with Crippen LogP contribution in [-0.2, 0) is 0 Å². The Morgan fingerprint density at radius 2 is 1.73 bits per heavy atom. The highest BCUT2D eigenvalue weighted by atomic mass is 79.9. The molecule has 0 radical (unpaired) electrons. The van der Waals surface area contributed by atoms with Gasteiger partial charge in [0.2, 0.25) is 0 Å². The molecule has 1 saturated heterocycles. The maximum atomic E-state index is 3.61. The van der Waals surface area contributed by atoms with Crippen molar-refractivity contribution in [2.75, 3.05) is 16.8 Å². The maximum absolute atomic E-state index is 3.61. The summed E-state index contributed by atoms with van der Waals surface area (Å²) >= 11 is 9.21. The zero-order chi connectivity index (χ0) is 10.7. The zero-order valence-electron chi connectivity index (χ0n) is 8.30. The summed E-state index contributed by atoms with van der Waals surface area (Å²) in [6, 6.07) is 6.81. The van der Waals surface area contributed by atoms with E-state index in [0.717, 1.165) is 8.95 Å². The monoisotopic (exact) mass is 349 g/mol. The van der Waals surface area contributed by atoms with Crippen molar-refractivity contribution in [2.45, 2.75) is 18.9 Å². The fourth-order valence-corrected chi connectivity index (χ4v) is 4.02. The second-order valence-corrected chi connectivity index (χ2v) is 6.56. The molecule has 1 fully saturated rings. The summed E-state index contributed by atoms with van der Waals surface area (Å²) in [6.07, 6.45) is 2.52. The number of hydrogen-bond donors (Lipinski definition) is 1. The molecule has 1 heterocycles. The molecule has 0 aliphatic carbocycles. The van der Waals surface area contributed by atoms with E-state index in [2.05, 4.69) is 61.1 Å². The van der Waals surface area contributed by atoms with Gasteiger partial charge in [-0.15, -0.1) is 0 Å². The van der Waals surface area contributed by atoms with Crippen molar-refractivity contribution in [3.05, 3.63) is 27.1 Å². The highest BCUT2D eigenvalue weighted by Crippen LogP contribution is 2.32. The molecule has 1 aliphatic heterocycles. The topological polar surface area (TPSA) is 12.0 Å². The zero-order valence-corrected chi connectivity index (χ0v) is 12.3. The van der Waals surface area contributed by atoms with Gasteiger partial charge in [-0.25, -0.2) is 0 Å². The van der Waals surface area contributed by atoms with Gasteiger partial charge in [-0.3, -0.25) is 0 Å². The van der Waals surface area contributed by atoms with Gasteiger partial charge in [0.25, 0.3) is 0 Å². The summed E-state index contributed by atoms with van der Waals surface area (Å²) in [6.45, 7) is 0. The molecular weight excluding hydrogens is 338 g/mol. The van der Waals surface area contributed by atoms with E-state index < -0.39 is 0 Å². The van der Waals surface area contributed by atoms with Crippen molar-refractivity contribution in [3.63, 3.8) is 0 Å². The second-order valence-electron chi connectivity index (χ2n) is 3.63. The number of para-hydroxylation sites is 1. The number of thioether (sulfide) groups is 1. The summed E-state index contributed by atoms with van der Waals surface area (Å²) in [5.74, 6) is 2.56.